The van der Waals surface area contributed by atoms with E-state index in [1.54, 1.807) is 16.9 Å². The molecule has 2 N–H and O–H groups in total. The van der Waals surface area contributed by atoms with Crippen molar-refractivity contribution in [3.8, 4) is 17.0 Å². The van der Waals surface area contributed by atoms with Gasteiger partial charge in [-0.1, -0.05) is 73.7 Å². The van der Waals surface area contributed by atoms with E-state index in [1.165, 1.54) is 0 Å². The number of rotatable bonds is 11. The zero-order valence-corrected chi connectivity index (χ0v) is 22.3. The lowest BCUT2D eigenvalue weighted by molar-refractivity contribution is -0.138. The van der Waals surface area contributed by atoms with Gasteiger partial charge in [-0.2, -0.15) is 5.10 Å². The van der Waals surface area contributed by atoms with Crippen LogP contribution in [0.1, 0.15) is 55.9 Å². The number of nitrogens with zero attached hydrogens (tertiary/aromatic N) is 2. The van der Waals surface area contributed by atoms with E-state index >= 15 is 0 Å². The van der Waals surface area contributed by atoms with E-state index in [-0.39, 0.29) is 0 Å². The normalized spacial score (nSPS) is 12.4. The molecule has 1 heterocycles. The molecule has 0 spiro atoms. The lowest BCUT2D eigenvalue weighted by Gasteiger charge is -2.14. The summed E-state index contributed by atoms with van der Waals surface area (Å²) in [6, 6.07) is 24.5. The first-order valence-electron chi connectivity index (χ1n) is 13.0. The summed E-state index contributed by atoms with van der Waals surface area (Å²) in [5.41, 5.74) is 4.61. The van der Waals surface area contributed by atoms with E-state index in [0.29, 0.717) is 36.7 Å². The maximum absolute atomic E-state index is 12.7. The number of hydrogen-bond donors (Lipinski definition) is 2. The van der Waals surface area contributed by atoms with Crippen LogP contribution in [0.15, 0.2) is 85.1 Å². The Morgan fingerprint density at radius 1 is 0.974 bits per heavy atom. The van der Waals surface area contributed by atoms with Crippen molar-refractivity contribution in [3.63, 3.8) is 0 Å². The Morgan fingerprint density at radius 3 is 2.36 bits per heavy atom. The summed E-state index contributed by atoms with van der Waals surface area (Å²) in [5, 5.41) is 16.9. The second-order valence-corrected chi connectivity index (χ2v) is 9.19. The topological polar surface area (TPSA) is 103 Å². The van der Waals surface area contributed by atoms with Crippen molar-refractivity contribution in [2.45, 2.75) is 52.4 Å². The van der Waals surface area contributed by atoms with Crippen LogP contribution in [0.5, 0.6) is 5.75 Å². The molecule has 0 radical (unpaired) electrons. The summed E-state index contributed by atoms with van der Waals surface area (Å²) in [4.78, 5) is 24.2. The van der Waals surface area contributed by atoms with Gasteiger partial charge in [-0.05, 0) is 49.1 Å². The van der Waals surface area contributed by atoms with E-state index < -0.39 is 24.1 Å². The standard InChI is InChI=1S/C31H33N3O5/c1-4-27(30(35)36)25-12-9-13-26(18-25)38-20-22-14-16-24(17-15-22)29-28(19-34(5-2)33-29)32-31(37)39-21(3)23-10-7-6-8-11-23/h6-19,21,27H,4-5,20H2,1-3H3,(H,32,37)(H,35,36). The zero-order valence-electron chi connectivity index (χ0n) is 22.3. The molecule has 202 valence electrons. The summed E-state index contributed by atoms with van der Waals surface area (Å²) in [6.07, 6.45) is 1.35. The van der Waals surface area contributed by atoms with Crippen LogP contribution in [-0.2, 0) is 22.7 Å². The quantitative estimate of drug-likeness (QED) is 0.217. The molecule has 0 fully saturated rings. The number of carbonyl (C=O) groups is 2. The van der Waals surface area contributed by atoms with Crippen molar-refractivity contribution in [2.75, 3.05) is 5.32 Å². The predicted molar refractivity (Wildman–Crippen MR) is 150 cm³/mol. The third kappa shape index (κ3) is 7.04. The molecule has 4 aromatic rings. The Kier molecular flexibility index (Phi) is 8.99. The number of anilines is 1. The molecule has 2 atom stereocenters. The van der Waals surface area contributed by atoms with Crippen LogP contribution in [-0.4, -0.2) is 26.9 Å². The van der Waals surface area contributed by atoms with Gasteiger partial charge in [0.2, 0.25) is 0 Å². The number of hydrogen-bond acceptors (Lipinski definition) is 5. The number of carboxylic acids is 1. The second-order valence-electron chi connectivity index (χ2n) is 9.19. The average molecular weight is 528 g/mol. The molecular weight excluding hydrogens is 494 g/mol. The van der Waals surface area contributed by atoms with Gasteiger partial charge in [0.15, 0.2) is 0 Å². The van der Waals surface area contributed by atoms with Crippen LogP contribution in [0.2, 0.25) is 0 Å². The summed E-state index contributed by atoms with van der Waals surface area (Å²) in [5.74, 6) is -0.784. The minimum Gasteiger partial charge on any atom is -0.489 e. The fraction of sp³-hybridized carbons (Fsp3) is 0.258. The molecule has 4 rings (SSSR count). The smallest absolute Gasteiger partial charge is 0.412 e. The Labute approximate surface area is 228 Å². The van der Waals surface area contributed by atoms with Crippen molar-refractivity contribution in [3.05, 3.63) is 102 Å². The van der Waals surface area contributed by atoms with E-state index in [0.717, 1.165) is 22.3 Å². The molecule has 0 aliphatic heterocycles. The van der Waals surface area contributed by atoms with Crippen LogP contribution >= 0.6 is 0 Å². The lowest BCUT2D eigenvalue weighted by Crippen LogP contribution is -2.16. The van der Waals surface area contributed by atoms with Gasteiger partial charge in [-0.25, -0.2) is 4.79 Å². The lowest BCUT2D eigenvalue weighted by atomic mass is 9.96. The highest BCUT2D eigenvalue weighted by atomic mass is 16.6. The van der Waals surface area contributed by atoms with Gasteiger partial charge in [0.25, 0.3) is 0 Å². The molecular formula is C31H33N3O5. The van der Waals surface area contributed by atoms with Crippen molar-refractivity contribution in [1.29, 1.82) is 0 Å². The van der Waals surface area contributed by atoms with Gasteiger partial charge < -0.3 is 14.6 Å². The molecule has 1 amide bonds. The van der Waals surface area contributed by atoms with Crippen LogP contribution in [0.3, 0.4) is 0 Å². The van der Waals surface area contributed by atoms with Gasteiger partial charge in [-0.3, -0.25) is 14.8 Å². The van der Waals surface area contributed by atoms with Gasteiger partial charge in [-0.15, -0.1) is 0 Å². The van der Waals surface area contributed by atoms with E-state index in [9.17, 15) is 14.7 Å². The van der Waals surface area contributed by atoms with E-state index in [2.05, 4.69) is 10.4 Å². The molecule has 0 aliphatic carbocycles. The van der Waals surface area contributed by atoms with Crippen molar-refractivity contribution in [1.82, 2.24) is 9.78 Å². The minimum absolute atomic E-state index is 0.325. The first kappa shape index (κ1) is 27.4. The Balaban J connectivity index is 1.42. The van der Waals surface area contributed by atoms with Crippen molar-refractivity contribution < 1.29 is 24.2 Å². The highest BCUT2D eigenvalue weighted by Gasteiger charge is 2.19. The van der Waals surface area contributed by atoms with E-state index in [1.807, 2.05) is 93.6 Å². The first-order valence-corrected chi connectivity index (χ1v) is 13.0. The van der Waals surface area contributed by atoms with Gasteiger partial charge >= 0.3 is 12.1 Å². The highest BCUT2D eigenvalue weighted by Crippen LogP contribution is 2.29. The minimum atomic E-state index is -0.844. The van der Waals surface area contributed by atoms with E-state index in [4.69, 9.17) is 9.47 Å². The summed E-state index contributed by atoms with van der Waals surface area (Å²) in [6.45, 7) is 6.63. The third-order valence-electron chi connectivity index (χ3n) is 6.47. The van der Waals surface area contributed by atoms with Gasteiger partial charge in [0, 0.05) is 18.3 Å². The van der Waals surface area contributed by atoms with Gasteiger partial charge in [0.1, 0.15) is 24.2 Å². The first-order chi connectivity index (χ1) is 18.9. The third-order valence-corrected chi connectivity index (χ3v) is 6.47. The fourth-order valence-electron chi connectivity index (χ4n) is 4.28. The summed E-state index contributed by atoms with van der Waals surface area (Å²) >= 11 is 0. The molecule has 0 bridgehead atoms. The number of carbonyl (C=O) groups excluding carboxylic acids is 1. The zero-order chi connectivity index (χ0) is 27.8. The molecule has 8 heteroatoms. The molecule has 1 aromatic heterocycles. The number of aromatic nitrogens is 2. The maximum Gasteiger partial charge on any atom is 0.412 e. The number of nitrogens with one attached hydrogen (secondary N) is 1. The monoisotopic (exact) mass is 527 g/mol. The number of carboxylic acid groups (broad SMARTS) is 1. The average Bonchev–Trinajstić information content (AvgIpc) is 3.35. The van der Waals surface area contributed by atoms with Crippen LogP contribution < -0.4 is 10.1 Å². The number of aliphatic carboxylic acids is 1. The summed E-state index contributed by atoms with van der Waals surface area (Å²) in [7, 11) is 0. The van der Waals surface area contributed by atoms with Crippen LogP contribution in [0.4, 0.5) is 10.5 Å². The molecule has 0 aliphatic rings. The maximum atomic E-state index is 12.7. The Bertz CT molecular complexity index is 1400. The van der Waals surface area contributed by atoms with Crippen LogP contribution in [0.25, 0.3) is 11.3 Å². The number of amides is 1. The fourth-order valence-corrected chi connectivity index (χ4v) is 4.28. The number of aryl methyl sites for hydroxylation is 1. The predicted octanol–water partition coefficient (Wildman–Crippen LogP) is 7.04. The Morgan fingerprint density at radius 2 is 1.69 bits per heavy atom. The molecule has 3 aromatic carbocycles. The molecule has 2 unspecified atom stereocenters. The molecule has 39 heavy (non-hydrogen) atoms. The SMILES string of the molecule is CCC(C(=O)O)c1cccc(OCc2ccc(-c3nn(CC)cc3NC(=O)OC(C)c3ccccc3)cc2)c1. The number of benzene rings is 3. The summed E-state index contributed by atoms with van der Waals surface area (Å²) < 4.78 is 13.3. The highest BCUT2D eigenvalue weighted by molar-refractivity contribution is 5.90. The van der Waals surface area contributed by atoms with Crippen LogP contribution in [0, 0.1) is 0 Å². The second kappa shape index (κ2) is 12.8. The number of ether oxygens (including phenoxy) is 2. The van der Waals surface area contributed by atoms with Crippen molar-refractivity contribution >= 4 is 17.7 Å². The Hall–Kier alpha value is -4.59. The largest absolute Gasteiger partial charge is 0.489 e. The van der Waals surface area contributed by atoms with Crippen molar-refractivity contribution in [2.24, 2.45) is 0 Å². The molecule has 0 saturated carbocycles. The molecule has 8 nitrogen and oxygen atoms in total. The van der Waals surface area contributed by atoms with Gasteiger partial charge in [0.05, 0.1) is 11.6 Å². The molecule has 0 saturated heterocycles.